The number of hydrogen-bond acceptors (Lipinski definition) is 6. The highest BCUT2D eigenvalue weighted by Gasteiger charge is 2.11. The predicted octanol–water partition coefficient (Wildman–Crippen LogP) is 3.41. The predicted molar refractivity (Wildman–Crippen MR) is 103 cm³/mol. The van der Waals surface area contributed by atoms with E-state index in [0.29, 0.717) is 28.8 Å². The highest BCUT2D eigenvalue weighted by Crippen LogP contribution is 2.29. The first-order valence-corrected chi connectivity index (χ1v) is 9.27. The third-order valence-corrected chi connectivity index (χ3v) is 4.61. The fraction of sp³-hybridized carbons (Fsp3) is 0.105. The number of carboxylic acid groups (broad SMARTS) is 1. The van der Waals surface area contributed by atoms with E-state index < -0.39 is 5.97 Å². The van der Waals surface area contributed by atoms with Crippen molar-refractivity contribution in [3.63, 3.8) is 0 Å². The second-order valence-electron chi connectivity index (χ2n) is 5.34. The van der Waals surface area contributed by atoms with Crippen LogP contribution in [0.4, 0.5) is 0 Å². The first kappa shape index (κ1) is 19.0. The highest BCUT2D eigenvalue weighted by atomic mass is 35.5. The number of H-pyrrole nitrogens is 1. The van der Waals surface area contributed by atoms with Crippen LogP contribution in [0, 0.1) is 0 Å². The number of hydrogen-bond donors (Lipinski definition) is 1. The van der Waals surface area contributed by atoms with Crippen LogP contribution in [-0.4, -0.2) is 27.8 Å². The summed E-state index contributed by atoms with van der Waals surface area (Å²) in [6.07, 6.45) is 1.49. The van der Waals surface area contributed by atoms with Gasteiger partial charge in [0.25, 0.3) is 0 Å². The number of halogens is 1. The molecular formula is C19H15ClN3O3S-. The molecule has 0 aliphatic heterocycles. The fourth-order valence-corrected chi connectivity index (χ4v) is 3.11. The molecule has 6 nitrogen and oxygen atoms in total. The molecule has 0 saturated carbocycles. The standard InChI is InChI=1S/C19H16ClN3O3S/c1-2-26-15-6-4-3-5-13(15)11-16(18(24)25)27-19-21-17(22-23-19)12-7-9-14(20)10-8-12/h3-11H,2H2,1H3,(H,24,25)(H,21,22,23)/p-1/b16-11-. The second-order valence-corrected chi connectivity index (χ2v) is 6.79. The van der Waals surface area contributed by atoms with Crippen molar-refractivity contribution in [3.8, 4) is 17.1 Å². The van der Waals surface area contributed by atoms with Crippen molar-refractivity contribution in [1.82, 2.24) is 15.2 Å². The molecule has 0 bridgehead atoms. The van der Waals surface area contributed by atoms with Crippen molar-refractivity contribution in [2.24, 2.45) is 0 Å². The van der Waals surface area contributed by atoms with Crippen molar-refractivity contribution < 1.29 is 14.6 Å². The molecule has 0 aliphatic carbocycles. The van der Waals surface area contributed by atoms with E-state index in [0.717, 1.165) is 17.3 Å². The van der Waals surface area contributed by atoms with Gasteiger partial charge in [-0.2, -0.15) is 0 Å². The number of aromatic nitrogens is 3. The lowest BCUT2D eigenvalue weighted by atomic mass is 10.2. The van der Waals surface area contributed by atoms with Crippen LogP contribution < -0.4 is 9.84 Å². The average Bonchev–Trinajstić information content (AvgIpc) is 3.12. The average molecular weight is 401 g/mol. The molecule has 138 valence electrons. The first-order chi connectivity index (χ1) is 13.1. The maximum absolute atomic E-state index is 11.6. The molecule has 3 aromatic rings. The quantitative estimate of drug-likeness (QED) is 0.482. The van der Waals surface area contributed by atoms with E-state index in [1.807, 2.05) is 13.0 Å². The largest absolute Gasteiger partial charge is 0.544 e. The summed E-state index contributed by atoms with van der Waals surface area (Å²) in [4.78, 5) is 15.9. The van der Waals surface area contributed by atoms with E-state index >= 15 is 0 Å². The van der Waals surface area contributed by atoms with Gasteiger partial charge < -0.3 is 14.6 Å². The van der Waals surface area contributed by atoms with Crippen LogP contribution in [0.15, 0.2) is 58.6 Å². The molecule has 2 aromatic carbocycles. The Balaban J connectivity index is 1.85. The third-order valence-electron chi connectivity index (χ3n) is 3.49. The zero-order chi connectivity index (χ0) is 19.2. The summed E-state index contributed by atoms with van der Waals surface area (Å²) < 4.78 is 5.52. The number of carbonyl (C=O) groups excluding carboxylic acids is 1. The lowest BCUT2D eigenvalue weighted by Gasteiger charge is -2.09. The third kappa shape index (κ3) is 4.90. The molecular weight excluding hydrogens is 386 g/mol. The van der Waals surface area contributed by atoms with Gasteiger partial charge in [-0.05, 0) is 55.1 Å². The zero-order valence-corrected chi connectivity index (χ0v) is 15.9. The Bertz CT molecular complexity index is 970. The SMILES string of the molecule is CCOc1ccccc1/C=C(\Sc1n[nH]c(-c2ccc(Cl)cc2)n1)C(=O)[O-]. The molecule has 0 unspecified atom stereocenters. The molecule has 1 heterocycles. The van der Waals surface area contributed by atoms with E-state index in [4.69, 9.17) is 16.3 Å². The number of nitrogens with zero attached hydrogens (tertiary/aromatic N) is 2. The van der Waals surface area contributed by atoms with Crippen LogP contribution >= 0.6 is 23.4 Å². The molecule has 0 atom stereocenters. The Labute approximate surface area is 165 Å². The normalized spacial score (nSPS) is 11.4. The zero-order valence-electron chi connectivity index (χ0n) is 14.3. The number of carbonyl (C=O) groups is 1. The molecule has 27 heavy (non-hydrogen) atoms. The lowest BCUT2D eigenvalue weighted by molar-refractivity contribution is -0.297. The number of thioether (sulfide) groups is 1. The van der Waals surface area contributed by atoms with Crippen molar-refractivity contribution in [2.75, 3.05) is 6.61 Å². The van der Waals surface area contributed by atoms with E-state index in [1.165, 1.54) is 6.08 Å². The number of aliphatic carboxylic acids is 1. The molecule has 0 saturated heterocycles. The number of ether oxygens (including phenoxy) is 1. The van der Waals surface area contributed by atoms with E-state index in [2.05, 4.69) is 15.2 Å². The van der Waals surface area contributed by atoms with Crippen LogP contribution in [0.1, 0.15) is 12.5 Å². The number of aromatic amines is 1. The van der Waals surface area contributed by atoms with Gasteiger partial charge in [0, 0.05) is 21.1 Å². The summed E-state index contributed by atoms with van der Waals surface area (Å²) in [6.45, 7) is 2.34. The molecule has 1 N–H and O–H groups in total. The summed E-state index contributed by atoms with van der Waals surface area (Å²) in [5.41, 5.74) is 1.43. The van der Waals surface area contributed by atoms with Crippen molar-refractivity contribution in [3.05, 3.63) is 64.0 Å². The van der Waals surface area contributed by atoms with Gasteiger partial charge >= 0.3 is 0 Å². The monoisotopic (exact) mass is 400 g/mol. The fourth-order valence-electron chi connectivity index (χ4n) is 2.29. The van der Waals surface area contributed by atoms with Crippen molar-refractivity contribution in [1.29, 1.82) is 0 Å². The second kappa shape index (κ2) is 8.75. The van der Waals surface area contributed by atoms with Gasteiger partial charge in [-0.15, -0.1) is 5.10 Å². The van der Waals surface area contributed by atoms with Crippen molar-refractivity contribution >= 4 is 35.4 Å². The lowest BCUT2D eigenvalue weighted by Crippen LogP contribution is -2.23. The topological polar surface area (TPSA) is 90.9 Å². The molecule has 0 spiro atoms. The summed E-state index contributed by atoms with van der Waals surface area (Å²) in [7, 11) is 0. The minimum absolute atomic E-state index is 0.0243. The smallest absolute Gasteiger partial charge is 0.213 e. The van der Waals surface area contributed by atoms with E-state index in [1.54, 1.807) is 42.5 Å². The number of nitrogens with one attached hydrogen (secondary N) is 1. The minimum atomic E-state index is -1.32. The van der Waals surface area contributed by atoms with Gasteiger partial charge in [0.05, 0.1) is 12.6 Å². The molecule has 8 heteroatoms. The van der Waals surface area contributed by atoms with Gasteiger partial charge in [0.15, 0.2) is 5.82 Å². The van der Waals surface area contributed by atoms with Gasteiger partial charge in [0.1, 0.15) is 5.75 Å². The van der Waals surface area contributed by atoms with Crippen LogP contribution in [0.2, 0.25) is 5.02 Å². The van der Waals surface area contributed by atoms with Gasteiger partial charge in [-0.25, -0.2) is 4.98 Å². The van der Waals surface area contributed by atoms with Gasteiger partial charge in [0.2, 0.25) is 5.16 Å². The summed E-state index contributed by atoms with van der Waals surface area (Å²) >= 11 is 6.78. The minimum Gasteiger partial charge on any atom is -0.544 e. The Morgan fingerprint density at radius 3 is 2.70 bits per heavy atom. The highest BCUT2D eigenvalue weighted by molar-refractivity contribution is 8.04. The van der Waals surface area contributed by atoms with Crippen LogP contribution in [0.5, 0.6) is 5.75 Å². The molecule has 0 amide bonds. The number of rotatable bonds is 7. The molecule has 0 fully saturated rings. The molecule has 3 rings (SSSR count). The number of carboxylic acids is 1. The Morgan fingerprint density at radius 2 is 2.00 bits per heavy atom. The Kier molecular flexibility index (Phi) is 6.16. The van der Waals surface area contributed by atoms with Crippen LogP contribution in [0.3, 0.4) is 0 Å². The molecule has 1 aromatic heterocycles. The number of para-hydroxylation sites is 1. The van der Waals surface area contributed by atoms with Crippen LogP contribution in [0.25, 0.3) is 17.5 Å². The maximum atomic E-state index is 11.6. The number of benzene rings is 2. The van der Waals surface area contributed by atoms with E-state index in [-0.39, 0.29) is 10.1 Å². The Hall–Kier alpha value is -2.77. The van der Waals surface area contributed by atoms with Gasteiger partial charge in [-0.1, -0.05) is 29.8 Å². The molecule has 0 radical (unpaired) electrons. The molecule has 0 aliphatic rings. The summed E-state index contributed by atoms with van der Waals surface area (Å²) in [5, 5.41) is 19.3. The summed E-state index contributed by atoms with van der Waals surface area (Å²) in [6, 6.07) is 14.2. The van der Waals surface area contributed by atoms with Gasteiger partial charge in [-0.3, -0.25) is 5.10 Å². The van der Waals surface area contributed by atoms with Crippen LogP contribution in [-0.2, 0) is 4.79 Å². The van der Waals surface area contributed by atoms with E-state index in [9.17, 15) is 9.90 Å². The first-order valence-electron chi connectivity index (χ1n) is 8.08. The summed E-state index contributed by atoms with van der Waals surface area (Å²) in [5.74, 6) is -0.207. The Morgan fingerprint density at radius 1 is 1.26 bits per heavy atom. The maximum Gasteiger partial charge on any atom is 0.213 e. The van der Waals surface area contributed by atoms with Crippen molar-refractivity contribution in [2.45, 2.75) is 12.1 Å².